The van der Waals surface area contributed by atoms with Crippen molar-refractivity contribution < 1.29 is 9.47 Å². The molecule has 1 aliphatic carbocycles. The van der Waals surface area contributed by atoms with Crippen molar-refractivity contribution >= 4 is 0 Å². The molecule has 0 amide bonds. The molecule has 1 heterocycles. The predicted molar refractivity (Wildman–Crippen MR) is 84.1 cm³/mol. The van der Waals surface area contributed by atoms with Crippen LogP contribution < -0.4 is 14.8 Å². The third kappa shape index (κ3) is 3.33. The molecule has 21 heavy (non-hydrogen) atoms. The second-order valence-corrected chi connectivity index (χ2v) is 5.91. The predicted octanol–water partition coefficient (Wildman–Crippen LogP) is 2.45. The number of benzene rings is 1. The summed E-state index contributed by atoms with van der Waals surface area (Å²) in [5, 5.41) is 3.44. The van der Waals surface area contributed by atoms with Gasteiger partial charge in [0, 0.05) is 32.2 Å². The van der Waals surface area contributed by atoms with Crippen molar-refractivity contribution in [2.45, 2.75) is 25.8 Å². The van der Waals surface area contributed by atoms with Crippen LogP contribution in [0, 0.1) is 5.92 Å². The average molecular weight is 290 g/mol. The molecule has 0 spiro atoms. The fourth-order valence-corrected chi connectivity index (χ4v) is 3.30. The lowest BCUT2D eigenvalue weighted by molar-refractivity contribution is 0.156. The molecule has 0 radical (unpaired) electrons. The van der Waals surface area contributed by atoms with Gasteiger partial charge >= 0.3 is 0 Å². The molecular weight excluding hydrogens is 264 g/mol. The summed E-state index contributed by atoms with van der Waals surface area (Å²) in [5.74, 6) is 2.51. The summed E-state index contributed by atoms with van der Waals surface area (Å²) in [4.78, 5) is 2.63. The fourth-order valence-electron chi connectivity index (χ4n) is 3.30. The Bertz CT molecular complexity index is 468. The van der Waals surface area contributed by atoms with Crippen molar-refractivity contribution in [3.63, 3.8) is 0 Å². The Balaban J connectivity index is 1.84. The van der Waals surface area contributed by atoms with E-state index in [4.69, 9.17) is 9.47 Å². The van der Waals surface area contributed by atoms with Gasteiger partial charge in [-0.3, -0.25) is 4.90 Å². The molecule has 1 atom stereocenters. The van der Waals surface area contributed by atoms with Crippen LogP contribution >= 0.6 is 0 Å². The normalized spacial score (nSPS) is 21.0. The summed E-state index contributed by atoms with van der Waals surface area (Å²) in [6.07, 6.45) is 2.70. The second kappa shape index (κ2) is 6.67. The van der Waals surface area contributed by atoms with E-state index >= 15 is 0 Å². The maximum atomic E-state index is 5.64. The molecule has 1 N–H and O–H groups in total. The molecule has 1 aromatic carbocycles. The van der Waals surface area contributed by atoms with Crippen LogP contribution in [-0.2, 0) is 0 Å². The number of methoxy groups -OCH3 is 1. The highest BCUT2D eigenvalue weighted by molar-refractivity contribution is 5.44. The van der Waals surface area contributed by atoms with E-state index in [-0.39, 0.29) is 0 Å². The Kier molecular flexibility index (Phi) is 4.66. The van der Waals surface area contributed by atoms with E-state index < -0.39 is 0 Å². The van der Waals surface area contributed by atoms with Crippen LogP contribution in [-0.4, -0.2) is 44.8 Å². The lowest BCUT2D eigenvalue weighted by Crippen LogP contribution is -2.45. The molecule has 4 nitrogen and oxygen atoms in total. The molecule has 0 aromatic heterocycles. The number of nitrogens with zero attached hydrogens (tertiary/aromatic N) is 1. The van der Waals surface area contributed by atoms with Crippen molar-refractivity contribution in [2.24, 2.45) is 5.92 Å². The van der Waals surface area contributed by atoms with Crippen molar-refractivity contribution in [2.75, 3.05) is 39.9 Å². The average Bonchev–Trinajstić information content (AvgIpc) is 3.35. The molecule has 1 saturated heterocycles. The molecule has 2 aliphatic rings. The number of ether oxygens (including phenoxy) is 2. The number of nitrogens with one attached hydrogen (secondary N) is 1. The Morgan fingerprint density at radius 3 is 2.62 bits per heavy atom. The molecule has 0 bridgehead atoms. The van der Waals surface area contributed by atoms with Gasteiger partial charge in [-0.15, -0.1) is 0 Å². The zero-order chi connectivity index (χ0) is 14.7. The molecule has 1 aromatic rings. The first-order chi connectivity index (χ1) is 10.3. The smallest absolute Gasteiger partial charge is 0.161 e. The minimum absolute atomic E-state index is 0.539. The van der Waals surface area contributed by atoms with Gasteiger partial charge in [-0.05, 0) is 43.4 Å². The van der Waals surface area contributed by atoms with Crippen molar-refractivity contribution in [1.29, 1.82) is 0 Å². The SMILES string of the molecule is CCOc1ccc([C@H](C2CC2)N2CCNCC2)cc1OC. The van der Waals surface area contributed by atoms with Crippen LogP contribution in [0.4, 0.5) is 0 Å². The number of rotatable bonds is 6. The van der Waals surface area contributed by atoms with Crippen LogP contribution in [0.5, 0.6) is 11.5 Å². The third-order valence-corrected chi connectivity index (χ3v) is 4.44. The summed E-state index contributed by atoms with van der Waals surface area (Å²) in [7, 11) is 1.72. The van der Waals surface area contributed by atoms with E-state index in [1.165, 1.54) is 18.4 Å². The molecule has 116 valence electrons. The summed E-state index contributed by atoms with van der Waals surface area (Å²) >= 11 is 0. The summed E-state index contributed by atoms with van der Waals surface area (Å²) in [6.45, 7) is 7.13. The molecule has 3 rings (SSSR count). The zero-order valence-corrected chi connectivity index (χ0v) is 13.1. The van der Waals surface area contributed by atoms with Gasteiger partial charge in [-0.2, -0.15) is 0 Å². The molecule has 1 saturated carbocycles. The van der Waals surface area contributed by atoms with E-state index in [0.717, 1.165) is 43.6 Å². The van der Waals surface area contributed by atoms with E-state index in [2.05, 4.69) is 28.4 Å². The van der Waals surface area contributed by atoms with Gasteiger partial charge < -0.3 is 14.8 Å². The van der Waals surface area contributed by atoms with Gasteiger partial charge in [0.05, 0.1) is 13.7 Å². The van der Waals surface area contributed by atoms with Crippen LogP contribution in [0.15, 0.2) is 18.2 Å². The van der Waals surface area contributed by atoms with Gasteiger partial charge in [-0.25, -0.2) is 0 Å². The standard InChI is InChI=1S/C17H26N2O2/c1-3-21-15-7-6-14(12-16(15)20-2)17(13-4-5-13)19-10-8-18-9-11-19/h6-7,12-13,17-18H,3-5,8-11H2,1-2H3/t17-/m0/s1. The molecule has 1 aliphatic heterocycles. The number of hydrogen-bond donors (Lipinski definition) is 1. The van der Waals surface area contributed by atoms with Crippen molar-refractivity contribution in [3.8, 4) is 11.5 Å². The largest absolute Gasteiger partial charge is 0.493 e. The van der Waals surface area contributed by atoms with Gasteiger partial charge in [0.2, 0.25) is 0 Å². The summed E-state index contributed by atoms with van der Waals surface area (Å²) in [5.41, 5.74) is 1.37. The minimum Gasteiger partial charge on any atom is -0.493 e. The van der Waals surface area contributed by atoms with E-state index in [1.807, 2.05) is 6.92 Å². The Labute approximate surface area is 127 Å². The second-order valence-electron chi connectivity index (χ2n) is 5.91. The van der Waals surface area contributed by atoms with E-state index in [1.54, 1.807) is 7.11 Å². The molecule has 2 fully saturated rings. The van der Waals surface area contributed by atoms with Crippen molar-refractivity contribution in [3.05, 3.63) is 23.8 Å². The highest BCUT2D eigenvalue weighted by atomic mass is 16.5. The van der Waals surface area contributed by atoms with E-state index in [0.29, 0.717) is 12.6 Å². The van der Waals surface area contributed by atoms with E-state index in [9.17, 15) is 0 Å². The maximum Gasteiger partial charge on any atom is 0.161 e. The van der Waals surface area contributed by atoms with Gasteiger partial charge in [0.15, 0.2) is 11.5 Å². The Morgan fingerprint density at radius 1 is 1.24 bits per heavy atom. The summed E-state index contributed by atoms with van der Waals surface area (Å²) < 4.78 is 11.2. The highest BCUT2D eigenvalue weighted by Crippen LogP contribution is 2.46. The van der Waals surface area contributed by atoms with Crippen molar-refractivity contribution in [1.82, 2.24) is 10.2 Å². The first-order valence-electron chi connectivity index (χ1n) is 8.09. The van der Waals surface area contributed by atoms with Gasteiger partial charge in [-0.1, -0.05) is 6.07 Å². The molecular formula is C17H26N2O2. The monoisotopic (exact) mass is 290 g/mol. The van der Waals surface area contributed by atoms with Crippen LogP contribution in [0.1, 0.15) is 31.4 Å². The molecule has 0 unspecified atom stereocenters. The van der Waals surface area contributed by atoms with Gasteiger partial charge in [0.25, 0.3) is 0 Å². The topological polar surface area (TPSA) is 33.7 Å². The zero-order valence-electron chi connectivity index (χ0n) is 13.1. The van der Waals surface area contributed by atoms with Crippen LogP contribution in [0.3, 0.4) is 0 Å². The first-order valence-corrected chi connectivity index (χ1v) is 8.09. The first kappa shape index (κ1) is 14.7. The Morgan fingerprint density at radius 2 is 2.00 bits per heavy atom. The summed E-state index contributed by atoms with van der Waals surface area (Å²) in [6, 6.07) is 7.00. The molecule has 4 heteroatoms. The fraction of sp³-hybridized carbons (Fsp3) is 0.647. The number of hydrogen-bond acceptors (Lipinski definition) is 4. The quantitative estimate of drug-likeness (QED) is 0.872. The lowest BCUT2D eigenvalue weighted by atomic mass is 9.99. The lowest BCUT2D eigenvalue weighted by Gasteiger charge is -2.35. The highest BCUT2D eigenvalue weighted by Gasteiger charge is 2.37. The van der Waals surface area contributed by atoms with Crippen LogP contribution in [0.2, 0.25) is 0 Å². The Hall–Kier alpha value is -1.26. The van der Waals surface area contributed by atoms with Gasteiger partial charge in [0.1, 0.15) is 0 Å². The maximum absolute atomic E-state index is 5.64. The number of piperazine rings is 1. The van der Waals surface area contributed by atoms with Crippen LogP contribution in [0.25, 0.3) is 0 Å². The third-order valence-electron chi connectivity index (χ3n) is 4.44. The minimum atomic E-state index is 0.539.